The Kier molecular flexibility index (Phi) is 4.73. The van der Waals surface area contributed by atoms with E-state index in [1.54, 1.807) is 19.0 Å². The van der Waals surface area contributed by atoms with E-state index < -0.39 is 0 Å². The van der Waals surface area contributed by atoms with Crippen LogP contribution < -0.4 is 5.32 Å². The molecule has 0 saturated heterocycles. The molecule has 1 rings (SSSR count). The van der Waals surface area contributed by atoms with Crippen LogP contribution in [0.2, 0.25) is 0 Å². The molecule has 1 aromatic rings. The first-order valence-corrected chi connectivity index (χ1v) is 6.06. The van der Waals surface area contributed by atoms with Gasteiger partial charge in [-0.2, -0.15) is 0 Å². The molecule has 4 heteroatoms. The van der Waals surface area contributed by atoms with Gasteiger partial charge in [-0.25, -0.2) is 0 Å². The van der Waals surface area contributed by atoms with Gasteiger partial charge in [-0.3, -0.25) is 4.79 Å². The number of phenols is 1. The fraction of sp³-hybridized carbons (Fsp3) is 0.500. The number of nitrogens with one attached hydrogen (secondary N) is 1. The van der Waals surface area contributed by atoms with Crippen LogP contribution >= 0.6 is 0 Å². The van der Waals surface area contributed by atoms with Crippen molar-refractivity contribution in [2.75, 3.05) is 14.1 Å². The maximum Gasteiger partial charge on any atom is 0.238 e. The summed E-state index contributed by atoms with van der Waals surface area (Å²) in [6, 6.07) is 3.65. The van der Waals surface area contributed by atoms with Gasteiger partial charge < -0.3 is 15.3 Å². The fourth-order valence-corrected chi connectivity index (χ4v) is 1.89. The topological polar surface area (TPSA) is 52.6 Å². The van der Waals surface area contributed by atoms with Gasteiger partial charge >= 0.3 is 0 Å². The molecule has 2 N–H and O–H groups in total. The summed E-state index contributed by atoms with van der Waals surface area (Å²) in [6.45, 7) is 6.21. The van der Waals surface area contributed by atoms with Gasteiger partial charge in [0.25, 0.3) is 0 Å². The second-order valence-electron chi connectivity index (χ2n) is 4.91. The smallest absolute Gasteiger partial charge is 0.238 e. The van der Waals surface area contributed by atoms with Crippen LogP contribution in [0.25, 0.3) is 0 Å². The van der Waals surface area contributed by atoms with Crippen LogP contribution in [0.5, 0.6) is 5.75 Å². The van der Waals surface area contributed by atoms with Crippen molar-refractivity contribution in [1.82, 2.24) is 10.2 Å². The molecule has 0 saturated carbocycles. The maximum atomic E-state index is 11.7. The molecule has 0 heterocycles. The summed E-state index contributed by atoms with van der Waals surface area (Å²) in [7, 11) is 3.49. The number of likely N-dealkylation sites (N-methyl/N-ethyl adjacent to an activating group) is 1. The number of benzene rings is 1. The number of hydrogen-bond donors (Lipinski definition) is 2. The lowest BCUT2D eigenvalue weighted by Crippen LogP contribution is -2.41. The van der Waals surface area contributed by atoms with Crippen LogP contribution in [0.15, 0.2) is 12.1 Å². The summed E-state index contributed by atoms with van der Waals surface area (Å²) in [4.78, 5) is 13.2. The molecule has 1 amide bonds. The van der Waals surface area contributed by atoms with Crippen LogP contribution in [0, 0.1) is 13.8 Å². The summed E-state index contributed by atoms with van der Waals surface area (Å²) >= 11 is 0. The third kappa shape index (κ3) is 3.47. The third-order valence-electron chi connectivity index (χ3n) is 2.97. The highest BCUT2D eigenvalue weighted by Crippen LogP contribution is 2.22. The van der Waals surface area contributed by atoms with Crippen LogP contribution in [0.1, 0.15) is 23.6 Å². The second kappa shape index (κ2) is 5.87. The zero-order chi connectivity index (χ0) is 13.9. The van der Waals surface area contributed by atoms with E-state index in [1.807, 2.05) is 32.9 Å². The van der Waals surface area contributed by atoms with E-state index in [9.17, 15) is 9.90 Å². The summed E-state index contributed by atoms with van der Waals surface area (Å²) in [5.74, 6) is 0.401. The third-order valence-corrected chi connectivity index (χ3v) is 2.97. The number of nitrogens with zero attached hydrogens (tertiary/aromatic N) is 1. The van der Waals surface area contributed by atoms with E-state index in [0.29, 0.717) is 12.3 Å². The van der Waals surface area contributed by atoms with E-state index in [-0.39, 0.29) is 11.9 Å². The number of rotatable bonds is 4. The van der Waals surface area contributed by atoms with E-state index >= 15 is 0 Å². The van der Waals surface area contributed by atoms with Crippen molar-refractivity contribution >= 4 is 5.91 Å². The van der Waals surface area contributed by atoms with Crippen molar-refractivity contribution < 1.29 is 9.90 Å². The van der Waals surface area contributed by atoms with Crippen LogP contribution in [0.4, 0.5) is 0 Å². The van der Waals surface area contributed by atoms with E-state index in [0.717, 1.165) is 16.7 Å². The molecule has 0 aromatic heterocycles. The highest BCUT2D eigenvalue weighted by atomic mass is 16.3. The average Bonchev–Trinajstić information content (AvgIpc) is 2.31. The normalized spacial score (nSPS) is 12.3. The zero-order valence-corrected chi connectivity index (χ0v) is 11.7. The first kappa shape index (κ1) is 14.5. The molecule has 0 spiro atoms. The van der Waals surface area contributed by atoms with Gasteiger partial charge in [-0.1, -0.05) is 12.1 Å². The predicted molar refractivity (Wildman–Crippen MR) is 72.6 cm³/mol. The van der Waals surface area contributed by atoms with Crippen molar-refractivity contribution in [3.63, 3.8) is 0 Å². The Hall–Kier alpha value is -1.55. The number of aryl methyl sites for hydroxylation is 2. The molecule has 18 heavy (non-hydrogen) atoms. The molecule has 100 valence electrons. The van der Waals surface area contributed by atoms with Crippen molar-refractivity contribution in [1.29, 1.82) is 0 Å². The molecule has 1 unspecified atom stereocenters. The molecular weight excluding hydrogens is 228 g/mol. The number of carbonyl (C=O) groups excluding carboxylic acids is 1. The van der Waals surface area contributed by atoms with Gasteiger partial charge in [-0.05, 0) is 37.5 Å². The molecule has 0 radical (unpaired) electrons. The summed E-state index contributed by atoms with van der Waals surface area (Å²) in [5, 5.41) is 12.9. The maximum absolute atomic E-state index is 11.7. The first-order chi connectivity index (χ1) is 8.32. The number of aromatic hydroxyl groups is 1. The van der Waals surface area contributed by atoms with Crippen molar-refractivity contribution in [3.05, 3.63) is 28.8 Å². The zero-order valence-electron chi connectivity index (χ0n) is 11.7. The van der Waals surface area contributed by atoms with Crippen LogP contribution in [0.3, 0.4) is 0 Å². The Labute approximate surface area is 109 Å². The van der Waals surface area contributed by atoms with Crippen LogP contribution in [-0.4, -0.2) is 36.1 Å². The fourth-order valence-electron chi connectivity index (χ4n) is 1.89. The number of amides is 1. The van der Waals surface area contributed by atoms with Gasteiger partial charge in [0.05, 0.1) is 6.04 Å². The minimum absolute atomic E-state index is 0.0576. The molecule has 0 aliphatic carbocycles. The van der Waals surface area contributed by atoms with E-state index in [4.69, 9.17) is 0 Å². The highest BCUT2D eigenvalue weighted by Gasteiger charge is 2.14. The number of hydrogen-bond acceptors (Lipinski definition) is 3. The van der Waals surface area contributed by atoms with Crippen LogP contribution in [-0.2, 0) is 11.3 Å². The molecule has 4 nitrogen and oxygen atoms in total. The summed E-state index contributed by atoms with van der Waals surface area (Å²) in [6.07, 6.45) is 0. The molecule has 0 fully saturated rings. The Balaban J connectivity index is 2.67. The van der Waals surface area contributed by atoms with Gasteiger partial charge in [-0.15, -0.1) is 0 Å². The monoisotopic (exact) mass is 250 g/mol. The van der Waals surface area contributed by atoms with E-state index in [1.165, 1.54) is 0 Å². The standard InChI is InChI=1S/C14H22N2O2/c1-9-6-12(7-10(2)13(9)17)8-15-11(3)14(18)16(4)5/h6-7,11,15,17H,8H2,1-5H3. The summed E-state index contributed by atoms with van der Waals surface area (Å²) in [5.41, 5.74) is 2.79. The molecule has 0 aliphatic heterocycles. The molecular formula is C14H22N2O2. The van der Waals surface area contributed by atoms with E-state index in [2.05, 4.69) is 5.32 Å². The molecule has 0 bridgehead atoms. The Morgan fingerprint density at radius 3 is 2.28 bits per heavy atom. The van der Waals surface area contributed by atoms with Crippen molar-refractivity contribution in [3.8, 4) is 5.75 Å². The Bertz CT molecular complexity index is 418. The van der Waals surface area contributed by atoms with Crippen molar-refractivity contribution in [2.45, 2.75) is 33.4 Å². The van der Waals surface area contributed by atoms with Gasteiger partial charge in [0, 0.05) is 20.6 Å². The van der Waals surface area contributed by atoms with Gasteiger partial charge in [0.1, 0.15) is 5.75 Å². The number of phenolic OH excluding ortho intramolecular Hbond substituents is 1. The number of carbonyl (C=O) groups is 1. The predicted octanol–water partition coefficient (Wildman–Crippen LogP) is 1.58. The SMILES string of the molecule is Cc1cc(CNC(C)C(=O)N(C)C)cc(C)c1O. The molecule has 1 atom stereocenters. The summed E-state index contributed by atoms with van der Waals surface area (Å²) < 4.78 is 0. The first-order valence-electron chi connectivity index (χ1n) is 6.06. The highest BCUT2D eigenvalue weighted by molar-refractivity contribution is 5.80. The van der Waals surface area contributed by atoms with Gasteiger partial charge in [0.2, 0.25) is 5.91 Å². The Morgan fingerprint density at radius 1 is 1.33 bits per heavy atom. The largest absolute Gasteiger partial charge is 0.507 e. The average molecular weight is 250 g/mol. The Morgan fingerprint density at radius 2 is 1.83 bits per heavy atom. The van der Waals surface area contributed by atoms with Crippen molar-refractivity contribution in [2.24, 2.45) is 0 Å². The minimum atomic E-state index is -0.214. The quantitative estimate of drug-likeness (QED) is 0.853. The minimum Gasteiger partial charge on any atom is -0.507 e. The lowest BCUT2D eigenvalue weighted by atomic mass is 10.1. The molecule has 0 aliphatic rings. The second-order valence-corrected chi connectivity index (χ2v) is 4.91. The van der Waals surface area contributed by atoms with Gasteiger partial charge in [0.15, 0.2) is 0 Å². The lowest BCUT2D eigenvalue weighted by Gasteiger charge is -2.18. The molecule has 1 aromatic carbocycles. The lowest BCUT2D eigenvalue weighted by molar-refractivity contribution is -0.130.